The van der Waals surface area contributed by atoms with Crippen LogP contribution in [0.25, 0.3) is 0 Å². The molecule has 0 aromatic heterocycles. The third-order valence-corrected chi connectivity index (χ3v) is 19.7. The molecule has 52 nitrogen and oxygen atoms in total. The van der Waals surface area contributed by atoms with E-state index in [0.717, 1.165) is 24.3 Å². The van der Waals surface area contributed by atoms with Gasteiger partial charge in [-0.3, -0.25) is 86.5 Å². The number of hydrogen-bond donors (Lipinski definition) is 8. The number of ether oxygens (including phenoxy) is 20. The van der Waals surface area contributed by atoms with Gasteiger partial charge in [0.15, 0.2) is 0 Å². The number of rotatable bonds is 91. The van der Waals surface area contributed by atoms with E-state index in [1.165, 1.54) is 13.8 Å². The highest BCUT2D eigenvalue weighted by Crippen LogP contribution is 2.22. The second-order valence-corrected chi connectivity index (χ2v) is 30.7. The first-order valence-electron chi connectivity index (χ1n) is 46.8. The highest BCUT2D eigenvalue weighted by molar-refractivity contribution is 6.19. The van der Waals surface area contributed by atoms with Crippen LogP contribution >= 0.6 is 0 Å². The van der Waals surface area contributed by atoms with E-state index in [1.807, 2.05) is 0 Å². The molecule has 0 aliphatic carbocycles. The minimum atomic E-state index is -2.28. The SMILES string of the molecule is COCCOCCOCCOCCOCCOCCOCCOCCOCCOCC(=O)NCCCC[C@H](NC(=O)CCCNC(=O)[C@H]([C@@H](C(=O)NCCCC(=O)N[C@@H](CCCCNC(=O)COCCOCCOCCOCCOCCOCCOCCOCCOCCOC)C(=O)N[C@@H](C)C(=O)ON1C(=O)CCC1=O)N1C(=O)C=CC1=O)N1C(=O)C=CC1=O)C(=O)N[C@@H](C)C(=O)ON1C(=O)CCC1=O. The van der Waals surface area contributed by atoms with Crippen LogP contribution in [0, 0.1) is 0 Å². The van der Waals surface area contributed by atoms with E-state index in [9.17, 15) is 86.3 Å². The zero-order valence-electron chi connectivity index (χ0n) is 80.5. The van der Waals surface area contributed by atoms with Crippen molar-refractivity contribution >= 4 is 106 Å². The van der Waals surface area contributed by atoms with Crippen LogP contribution in [0.15, 0.2) is 24.3 Å². The lowest BCUT2D eigenvalue weighted by molar-refractivity contribution is -0.198. The minimum absolute atomic E-state index is 0.0847. The van der Waals surface area contributed by atoms with Crippen molar-refractivity contribution in [2.24, 2.45) is 0 Å². The first-order chi connectivity index (χ1) is 67.9. The highest BCUT2D eigenvalue weighted by atomic mass is 16.7. The standard InChI is InChI=1S/C88H142N12O40/c1-65(87(117)139-99-77(109)19-20-78(99)110)93-83(113)67(11-5-7-23-89-71(103)63-137-61-59-135-57-55-133-53-51-131-49-47-129-45-43-127-41-39-125-37-35-123-33-31-121-29-27-119-3)95-69(101)13-9-25-91-85(115)81(97-73(105)15-16-74(97)106)82(98-75(107)17-18-76(98)108)86(116)92-26-10-14-70(102)96-68(84(114)94-66(2)88(118)140-100-79(111)21-22-80(100)112)12-6-8-24-90-72(104)64-138-62-60-136-58-56-134-54-52-132-50-48-130-46-44-128-42-40-126-38-36-124-34-32-122-30-28-120-4/h15-18,65-68,81-82H,5-14,19-64H2,1-4H3,(H,89,103)(H,90,104)(H,91,115)(H,92,116)(H,93,113)(H,94,114)(H,95,101)(H,96,102)/t65-,66-,67-,68-,81-,82-/m0/s1. The molecule has 0 unspecified atom stereocenters. The topological polar surface area (TPSA) is 620 Å². The maximum atomic E-state index is 14.5. The molecular formula is C88H142N12O40. The molecule has 2 fully saturated rings. The monoisotopic (exact) mass is 2010 g/mol. The van der Waals surface area contributed by atoms with Gasteiger partial charge in [0.1, 0.15) is 49.5 Å². The summed E-state index contributed by atoms with van der Waals surface area (Å²) in [6.07, 6.45) is 1.49. The molecule has 140 heavy (non-hydrogen) atoms. The van der Waals surface area contributed by atoms with E-state index < -0.39 is 169 Å². The summed E-state index contributed by atoms with van der Waals surface area (Å²) in [5, 5.41) is 20.7. The minimum Gasteiger partial charge on any atom is -0.382 e. The summed E-state index contributed by atoms with van der Waals surface area (Å²) in [6.45, 7) is 14.7. The van der Waals surface area contributed by atoms with Gasteiger partial charge in [-0.25, -0.2) is 9.59 Å². The van der Waals surface area contributed by atoms with Gasteiger partial charge in [0.2, 0.25) is 47.3 Å². The van der Waals surface area contributed by atoms with Gasteiger partial charge in [0, 0.05) is 103 Å². The van der Waals surface area contributed by atoms with Crippen molar-refractivity contribution < 1.29 is 191 Å². The number of unbranched alkanes of at least 4 members (excludes halogenated alkanes) is 2. The van der Waals surface area contributed by atoms with Crippen LogP contribution in [0.4, 0.5) is 0 Å². The fourth-order valence-corrected chi connectivity index (χ4v) is 12.4. The molecule has 2 saturated heterocycles. The lowest BCUT2D eigenvalue weighted by Gasteiger charge is -2.35. The van der Waals surface area contributed by atoms with E-state index >= 15 is 0 Å². The fourth-order valence-electron chi connectivity index (χ4n) is 12.4. The van der Waals surface area contributed by atoms with E-state index in [4.69, 9.17) is 104 Å². The molecule has 0 aromatic rings. The third-order valence-electron chi connectivity index (χ3n) is 19.7. The Morgan fingerprint density at radius 1 is 0.271 bits per heavy atom. The number of hydroxylamine groups is 4. The second-order valence-electron chi connectivity index (χ2n) is 30.7. The van der Waals surface area contributed by atoms with Gasteiger partial charge in [0.25, 0.3) is 47.3 Å². The fraction of sp³-hybridized carbons (Fsp3) is 0.750. The van der Waals surface area contributed by atoms with Crippen LogP contribution in [0.3, 0.4) is 0 Å². The number of hydrogen-bond acceptors (Lipinski definition) is 40. The van der Waals surface area contributed by atoms with Gasteiger partial charge >= 0.3 is 11.9 Å². The summed E-state index contributed by atoms with van der Waals surface area (Å²) in [6, 6.07) is -10.3. The molecule has 0 bridgehead atoms. The Kier molecular flexibility index (Phi) is 68.6. The van der Waals surface area contributed by atoms with Crippen LogP contribution in [0.1, 0.15) is 104 Å². The van der Waals surface area contributed by atoms with Crippen LogP contribution in [-0.2, 0) is 191 Å². The summed E-state index contributed by atoms with van der Waals surface area (Å²) >= 11 is 0. The summed E-state index contributed by atoms with van der Waals surface area (Å²) in [4.78, 5) is 248. The average Bonchev–Trinajstić information content (AvgIpc) is 1.60. The molecule has 6 atom stereocenters. The smallest absolute Gasteiger partial charge is 0.354 e. The molecule has 52 heteroatoms. The van der Waals surface area contributed by atoms with Crippen molar-refractivity contribution in [3.05, 3.63) is 24.3 Å². The van der Waals surface area contributed by atoms with Gasteiger partial charge in [-0.1, -0.05) is 0 Å². The average molecular weight is 2010 g/mol. The van der Waals surface area contributed by atoms with Crippen LogP contribution in [-0.4, -0.2) is 454 Å². The number of methoxy groups -OCH3 is 2. The zero-order valence-corrected chi connectivity index (χ0v) is 80.5. The van der Waals surface area contributed by atoms with E-state index in [0.29, 0.717) is 195 Å². The molecule has 16 amide bonds. The lowest BCUT2D eigenvalue weighted by Crippen LogP contribution is -2.66. The van der Waals surface area contributed by atoms with Gasteiger partial charge in [-0.2, -0.15) is 0 Å². The Morgan fingerprint density at radius 3 is 0.729 bits per heavy atom. The number of amides is 16. The zero-order chi connectivity index (χ0) is 102. The van der Waals surface area contributed by atoms with E-state index in [2.05, 4.69) is 42.5 Å². The van der Waals surface area contributed by atoms with Crippen LogP contribution < -0.4 is 42.5 Å². The number of nitrogens with one attached hydrogen (secondary N) is 8. The Labute approximate surface area is 812 Å². The highest BCUT2D eigenvalue weighted by Gasteiger charge is 2.50. The Morgan fingerprint density at radius 2 is 0.493 bits per heavy atom. The van der Waals surface area contributed by atoms with Crippen LogP contribution in [0.5, 0.6) is 0 Å². The maximum absolute atomic E-state index is 14.5. The Balaban J connectivity index is 1.20. The Hall–Kier alpha value is -10.1. The van der Waals surface area contributed by atoms with Crippen molar-refractivity contribution in [3.8, 4) is 0 Å². The van der Waals surface area contributed by atoms with Gasteiger partial charge < -0.3 is 147 Å². The van der Waals surface area contributed by atoms with E-state index in [1.54, 1.807) is 14.2 Å². The van der Waals surface area contributed by atoms with Crippen molar-refractivity contribution in [1.82, 2.24) is 62.5 Å². The maximum Gasteiger partial charge on any atom is 0.354 e. The molecule has 8 N–H and O–H groups in total. The first kappa shape index (κ1) is 122. The Bertz CT molecular complexity index is 3480. The molecule has 4 rings (SSSR count). The number of carbonyl (C=O) groups excluding carboxylic acids is 18. The molecule has 4 aliphatic heterocycles. The van der Waals surface area contributed by atoms with Gasteiger partial charge in [0.05, 0.1) is 238 Å². The largest absolute Gasteiger partial charge is 0.382 e. The quantitative estimate of drug-likeness (QED) is 0.0208. The predicted molar refractivity (Wildman–Crippen MR) is 480 cm³/mol. The van der Waals surface area contributed by atoms with Gasteiger partial charge in [-0.15, -0.1) is 10.1 Å². The number of nitrogens with zero attached hydrogens (tertiary/aromatic N) is 4. The molecule has 4 heterocycles. The van der Waals surface area contributed by atoms with Crippen molar-refractivity contribution in [1.29, 1.82) is 0 Å². The summed E-state index contributed by atoms with van der Waals surface area (Å²) in [5.74, 6) is -17.0. The predicted octanol–water partition coefficient (Wildman–Crippen LogP) is -5.28. The second kappa shape index (κ2) is 78.5. The first-order valence-corrected chi connectivity index (χ1v) is 46.8. The molecular weight excluding hydrogens is 1870 g/mol. The molecule has 0 aromatic carbocycles. The molecule has 794 valence electrons. The van der Waals surface area contributed by atoms with Crippen molar-refractivity contribution in [2.45, 2.75) is 140 Å². The normalized spacial score (nSPS) is 14.9. The van der Waals surface area contributed by atoms with Crippen molar-refractivity contribution in [3.63, 3.8) is 0 Å². The molecule has 0 radical (unpaired) electrons. The number of imide groups is 4. The molecule has 0 spiro atoms. The van der Waals surface area contributed by atoms with Gasteiger partial charge in [-0.05, 0) is 65.2 Å². The molecule has 4 aliphatic rings. The summed E-state index contributed by atoms with van der Waals surface area (Å²) in [5.41, 5.74) is 0. The summed E-state index contributed by atoms with van der Waals surface area (Å²) in [7, 11) is 3.22. The third kappa shape index (κ3) is 56.0. The van der Waals surface area contributed by atoms with Crippen LogP contribution in [0.2, 0.25) is 0 Å². The summed E-state index contributed by atoms with van der Waals surface area (Å²) < 4.78 is 108. The van der Waals surface area contributed by atoms with Crippen molar-refractivity contribution in [2.75, 3.05) is 291 Å². The van der Waals surface area contributed by atoms with E-state index in [-0.39, 0.29) is 166 Å². The molecule has 0 saturated carbocycles. The number of carbonyl (C=O) groups is 18. The lowest BCUT2D eigenvalue weighted by atomic mass is 10.0.